The highest BCUT2D eigenvalue weighted by Crippen LogP contribution is 2.39. The third-order valence-electron chi connectivity index (χ3n) is 6.09. The fourth-order valence-electron chi connectivity index (χ4n) is 4.58. The van der Waals surface area contributed by atoms with Crippen LogP contribution in [0, 0.1) is 0 Å². The number of pyridine rings is 1. The molecular weight excluding hydrogens is 400 g/mol. The zero-order valence-corrected chi connectivity index (χ0v) is 16.8. The van der Waals surface area contributed by atoms with Crippen LogP contribution in [0.25, 0.3) is 33.7 Å². The first-order chi connectivity index (χ1) is 15.2. The minimum Gasteiger partial charge on any atom is -0.463 e. The molecule has 31 heavy (non-hydrogen) atoms. The first-order valence-electron chi connectivity index (χ1n) is 10.4. The van der Waals surface area contributed by atoms with E-state index in [2.05, 4.69) is 4.98 Å². The summed E-state index contributed by atoms with van der Waals surface area (Å²) >= 11 is 0. The van der Waals surface area contributed by atoms with Gasteiger partial charge in [-0.25, -0.2) is 9.97 Å². The van der Waals surface area contributed by atoms with Crippen molar-refractivity contribution in [2.75, 3.05) is 26.3 Å². The molecule has 1 fully saturated rings. The lowest BCUT2D eigenvalue weighted by Gasteiger charge is -2.26. The number of aryl methyl sites for hydroxylation is 1. The molecule has 0 N–H and O–H groups in total. The van der Waals surface area contributed by atoms with Crippen LogP contribution < -0.4 is 5.56 Å². The Kier molecular flexibility index (Phi) is 4.17. The summed E-state index contributed by atoms with van der Waals surface area (Å²) in [5, 5.41) is 0.793. The van der Waals surface area contributed by atoms with Gasteiger partial charge in [-0.05, 0) is 42.5 Å². The van der Waals surface area contributed by atoms with Gasteiger partial charge in [-0.15, -0.1) is 0 Å². The monoisotopic (exact) mass is 420 g/mol. The van der Waals surface area contributed by atoms with Crippen LogP contribution in [0.1, 0.15) is 17.5 Å². The molecule has 0 unspecified atom stereocenters. The second-order valence-corrected chi connectivity index (χ2v) is 7.88. The summed E-state index contributed by atoms with van der Waals surface area (Å²) in [5.74, 6) is 0.545. The SMILES string of the molecule is O=C(Cn1cnc2c(oc3nc(-c4ccco4)c4c(c32)CCC4)c1=O)N1CCOCC1. The minimum atomic E-state index is -0.379. The van der Waals surface area contributed by atoms with Crippen molar-refractivity contribution in [2.24, 2.45) is 0 Å². The van der Waals surface area contributed by atoms with Crippen LogP contribution in [0.2, 0.25) is 0 Å². The lowest BCUT2D eigenvalue weighted by atomic mass is 10.0. The molecule has 2 aliphatic rings. The summed E-state index contributed by atoms with van der Waals surface area (Å²) in [6.07, 6.45) is 5.82. The number of furan rings is 2. The number of rotatable bonds is 3. The fourth-order valence-corrected chi connectivity index (χ4v) is 4.58. The Morgan fingerprint density at radius 2 is 2.00 bits per heavy atom. The molecule has 6 rings (SSSR count). The number of morpholine rings is 1. The minimum absolute atomic E-state index is 0.0813. The van der Waals surface area contributed by atoms with Crippen molar-refractivity contribution in [3.8, 4) is 11.5 Å². The van der Waals surface area contributed by atoms with Crippen molar-refractivity contribution < 1.29 is 18.4 Å². The normalized spacial score (nSPS) is 16.3. The third-order valence-corrected chi connectivity index (χ3v) is 6.09. The molecule has 1 amide bonds. The lowest BCUT2D eigenvalue weighted by molar-refractivity contribution is -0.135. The number of hydrogen-bond donors (Lipinski definition) is 0. The van der Waals surface area contributed by atoms with Crippen molar-refractivity contribution in [1.82, 2.24) is 19.4 Å². The van der Waals surface area contributed by atoms with Gasteiger partial charge in [-0.1, -0.05) is 0 Å². The predicted molar refractivity (Wildman–Crippen MR) is 111 cm³/mol. The smallest absolute Gasteiger partial charge is 0.297 e. The second-order valence-electron chi connectivity index (χ2n) is 7.88. The standard InChI is InChI=1S/C22H20N4O5/c27-16(25-6-9-29-10-7-25)11-26-12-23-19-17-13-3-1-4-14(13)18(15-5-2-8-30-15)24-21(17)31-20(19)22(26)28/h2,5,8,12H,1,3-4,6-7,9-11H2. The number of hydrogen-bond acceptors (Lipinski definition) is 7. The molecule has 4 aromatic rings. The van der Waals surface area contributed by atoms with Gasteiger partial charge >= 0.3 is 0 Å². The zero-order valence-electron chi connectivity index (χ0n) is 16.8. The maximum Gasteiger partial charge on any atom is 0.297 e. The predicted octanol–water partition coefficient (Wildman–Crippen LogP) is 2.15. The molecule has 0 atom stereocenters. The van der Waals surface area contributed by atoms with Gasteiger partial charge in [0, 0.05) is 13.1 Å². The van der Waals surface area contributed by atoms with Crippen molar-refractivity contribution in [3.05, 3.63) is 46.2 Å². The number of aromatic nitrogens is 3. The van der Waals surface area contributed by atoms with Gasteiger partial charge in [0.2, 0.25) is 17.2 Å². The van der Waals surface area contributed by atoms with Crippen molar-refractivity contribution in [1.29, 1.82) is 0 Å². The first-order valence-corrected chi connectivity index (χ1v) is 10.4. The number of amides is 1. The highest BCUT2D eigenvalue weighted by Gasteiger charge is 2.27. The van der Waals surface area contributed by atoms with Gasteiger partial charge < -0.3 is 18.5 Å². The summed E-state index contributed by atoms with van der Waals surface area (Å²) in [6.45, 7) is 1.99. The van der Waals surface area contributed by atoms with Gasteiger partial charge in [0.15, 0.2) is 5.76 Å². The molecule has 0 bridgehead atoms. The largest absolute Gasteiger partial charge is 0.463 e. The van der Waals surface area contributed by atoms with Crippen LogP contribution in [0.4, 0.5) is 0 Å². The Balaban J connectivity index is 1.47. The average Bonchev–Trinajstić information content (AvgIpc) is 3.55. The molecule has 0 spiro atoms. The Morgan fingerprint density at radius 1 is 1.16 bits per heavy atom. The van der Waals surface area contributed by atoms with Gasteiger partial charge in [-0.3, -0.25) is 14.2 Å². The number of carbonyl (C=O) groups excluding carboxylic acids is 1. The van der Waals surface area contributed by atoms with Crippen LogP contribution >= 0.6 is 0 Å². The average molecular weight is 420 g/mol. The molecular formula is C22H20N4O5. The van der Waals surface area contributed by atoms with E-state index in [0.29, 0.717) is 43.3 Å². The highest BCUT2D eigenvalue weighted by atomic mass is 16.5. The fraction of sp³-hybridized carbons (Fsp3) is 0.364. The molecule has 0 radical (unpaired) electrons. The molecule has 0 aromatic carbocycles. The Bertz CT molecular complexity index is 1360. The van der Waals surface area contributed by atoms with E-state index in [9.17, 15) is 9.59 Å². The van der Waals surface area contributed by atoms with Crippen LogP contribution in [0.15, 0.2) is 38.4 Å². The topological polar surface area (TPSA) is 104 Å². The summed E-state index contributed by atoms with van der Waals surface area (Å²) < 4.78 is 18.1. The molecule has 9 heteroatoms. The van der Waals surface area contributed by atoms with Crippen LogP contribution in [0.5, 0.6) is 0 Å². The van der Waals surface area contributed by atoms with Crippen molar-refractivity contribution >= 4 is 28.1 Å². The van der Waals surface area contributed by atoms with Gasteiger partial charge in [0.25, 0.3) is 5.56 Å². The molecule has 1 aliphatic heterocycles. The van der Waals surface area contributed by atoms with Gasteiger partial charge in [0.1, 0.15) is 17.8 Å². The van der Waals surface area contributed by atoms with Crippen LogP contribution in [0.3, 0.4) is 0 Å². The summed E-state index contributed by atoms with van der Waals surface area (Å²) in [4.78, 5) is 36.6. The Labute approximate surface area is 176 Å². The molecule has 9 nitrogen and oxygen atoms in total. The van der Waals surface area contributed by atoms with E-state index in [-0.39, 0.29) is 23.6 Å². The molecule has 1 saturated heterocycles. The van der Waals surface area contributed by atoms with E-state index in [4.69, 9.17) is 18.6 Å². The Hall–Kier alpha value is -3.46. The Morgan fingerprint density at radius 3 is 2.81 bits per heavy atom. The van der Waals surface area contributed by atoms with E-state index >= 15 is 0 Å². The number of carbonyl (C=O) groups is 1. The summed E-state index contributed by atoms with van der Waals surface area (Å²) in [6, 6.07) is 3.70. The van der Waals surface area contributed by atoms with Gasteiger partial charge in [0.05, 0.1) is 31.2 Å². The molecule has 0 saturated carbocycles. The van der Waals surface area contributed by atoms with Crippen molar-refractivity contribution in [2.45, 2.75) is 25.8 Å². The maximum atomic E-state index is 13.1. The molecule has 158 valence electrons. The number of ether oxygens (including phenoxy) is 1. The number of fused-ring (bicyclic) bond motifs is 5. The van der Waals surface area contributed by atoms with E-state index in [0.717, 1.165) is 41.5 Å². The lowest BCUT2D eigenvalue weighted by Crippen LogP contribution is -2.43. The molecule has 5 heterocycles. The van der Waals surface area contributed by atoms with Crippen LogP contribution in [-0.2, 0) is 28.9 Å². The third kappa shape index (κ3) is 2.88. The van der Waals surface area contributed by atoms with Crippen molar-refractivity contribution in [3.63, 3.8) is 0 Å². The van der Waals surface area contributed by atoms with Crippen LogP contribution in [-0.4, -0.2) is 51.6 Å². The zero-order chi connectivity index (χ0) is 20.9. The number of nitrogens with zero attached hydrogens (tertiary/aromatic N) is 4. The quantitative estimate of drug-likeness (QED) is 0.500. The first kappa shape index (κ1) is 18.3. The van der Waals surface area contributed by atoms with Gasteiger partial charge in [-0.2, -0.15) is 0 Å². The van der Waals surface area contributed by atoms with E-state index < -0.39 is 0 Å². The summed E-state index contributed by atoms with van der Waals surface area (Å²) in [7, 11) is 0. The maximum absolute atomic E-state index is 13.1. The highest BCUT2D eigenvalue weighted by molar-refractivity contribution is 6.04. The molecule has 1 aliphatic carbocycles. The van der Waals surface area contributed by atoms with E-state index in [1.54, 1.807) is 11.2 Å². The van der Waals surface area contributed by atoms with E-state index in [1.807, 2.05) is 12.1 Å². The molecule has 4 aromatic heterocycles. The second kappa shape index (κ2) is 7.05. The summed E-state index contributed by atoms with van der Waals surface area (Å²) in [5.41, 5.74) is 3.63. The van der Waals surface area contributed by atoms with E-state index in [1.165, 1.54) is 10.9 Å².